The van der Waals surface area contributed by atoms with Gasteiger partial charge in [0.1, 0.15) is 5.82 Å². The average molecular weight is 215 g/mol. The summed E-state index contributed by atoms with van der Waals surface area (Å²) in [5.41, 5.74) is 5.74. The van der Waals surface area contributed by atoms with Gasteiger partial charge in [0.05, 0.1) is 5.38 Å². The Morgan fingerprint density at radius 2 is 2.43 bits per heavy atom. The zero-order valence-electron chi connectivity index (χ0n) is 8.28. The molecule has 5 heteroatoms. The molecule has 0 fully saturated rings. The molecule has 2 atom stereocenters. The van der Waals surface area contributed by atoms with Gasteiger partial charge in [-0.3, -0.25) is 0 Å². The normalized spacial score (nSPS) is 23.2. The molecular formula is C9H15ClN4. The van der Waals surface area contributed by atoms with E-state index in [0.717, 1.165) is 37.5 Å². The van der Waals surface area contributed by atoms with Gasteiger partial charge in [-0.05, 0) is 19.8 Å². The molecule has 1 aliphatic heterocycles. The molecule has 0 aliphatic carbocycles. The summed E-state index contributed by atoms with van der Waals surface area (Å²) in [5, 5.41) is 8.28. The summed E-state index contributed by atoms with van der Waals surface area (Å²) in [6.45, 7) is 2.95. The van der Waals surface area contributed by atoms with Crippen molar-refractivity contribution in [2.75, 3.05) is 0 Å². The van der Waals surface area contributed by atoms with Crippen molar-refractivity contribution in [2.24, 2.45) is 5.73 Å². The van der Waals surface area contributed by atoms with E-state index in [1.165, 1.54) is 0 Å². The molecular weight excluding hydrogens is 200 g/mol. The van der Waals surface area contributed by atoms with E-state index in [9.17, 15) is 0 Å². The predicted molar refractivity (Wildman–Crippen MR) is 55.2 cm³/mol. The molecule has 0 radical (unpaired) electrons. The van der Waals surface area contributed by atoms with Crippen LogP contribution in [0.4, 0.5) is 0 Å². The Morgan fingerprint density at radius 3 is 3.14 bits per heavy atom. The van der Waals surface area contributed by atoms with Gasteiger partial charge in [-0.15, -0.1) is 21.8 Å². The maximum Gasteiger partial charge on any atom is 0.151 e. The van der Waals surface area contributed by atoms with E-state index in [-0.39, 0.29) is 11.4 Å². The summed E-state index contributed by atoms with van der Waals surface area (Å²) in [6.07, 6.45) is 2.87. The number of rotatable bonds is 2. The lowest BCUT2D eigenvalue weighted by Crippen LogP contribution is -2.22. The van der Waals surface area contributed by atoms with E-state index in [2.05, 4.69) is 14.8 Å². The van der Waals surface area contributed by atoms with Crippen molar-refractivity contribution in [3.8, 4) is 0 Å². The molecule has 14 heavy (non-hydrogen) atoms. The molecule has 0 saturated carbocycles. The van der Waals surface area contributed by atoms with Crippen LogP contribution in [0.5, 0.6) is 0 Å². The number of hydrogen-bond acceptors (Lipinski definition) is 3. The van der Waals surface area contributed by atoms with Crippen LogP contribution in [0, 0.1) is 0 Å². The first kappa shape index (κ1) is 9.93. The fourth-order valence-corrected chi connectivity index (χ4v) is 2.14. The molecule has 0 aromatic carbocycles. The van der Waals surface area contributed by atoms with Crippen molar-refractivity contribution < 1.29 is 0 Å². The van der Waals surface area contributed by atoms with Gasteiger partial charge in [-0.1, -0.05) is 0 Å². The van der Waals surface area contributed by atoms with E-state index in [4.69, 9.17) is 17.3 Å². The molecule has 2 unspecified atom stereocenters. The molecule has 2 rings (SSSR count). The van der Waals surface area contributed by atoms with Crippen LogP contribution in [0.15, 0.2) is 0 Å². The van der Waals surface area contributed by atoms with Crippen molar-refractivity contribution in [3.63, 3.8) is 0 Å². The minimum absolute atomic E-state index is 0.0260. The lowest BCUT2D eigenvalue weighted by Gasteiger charge is -2.19. The number of aromatic nitrogens is 3. The first-order valence-electron chi connectivity index (χ1n) is 5.00. The number of halogens is 1. The largest absolute Gasteiger partial charge is 0.328 e. The van der Waals surface area contributed by atoms with Gasteiger partial charge in [0, 0.05) is 19.0 Å². The van der Waals surface area contributed by atoms with Crippen molar-refractivity contribution >= 4 is 11.6 Å². The number of alkyl halides is 1. The van der Waals surface area contributed by atoms with Crippen LogP contribution in [0.25, 0.3) is 0 Å². The van der Waals surface area contributed by atoms with Crippen LogP contribution in [-0.4, -0.2) is 20.8 Å². The van der Waals surface area contributed by atoms with Crippen LogP contribution in [0.1, 0.15) is 36.8 Å². The molecule has 1 aromatic heterocycles. The maximum atomic E-state index is 6.14. The van der Waals surface area contributed by atoms with Gasteiger partial charge >= 0.3 is 0 Å². The molecule has 1 aliphatic rings. The number of nitrogens with zero attached hydrogens (tertiary/aromatic N) is 3. The van der Waals surface area contributed by atoms with E-state index in [1.54, 1.807) is 0 Å². The second-order valence-corrected chi connectivity index (χ2v) is 4.44. The first-order valence-corrected chi connectivity index (χ1v) is 5.43. The standard InChI is InChI=1S/C9H15ClN4/c1-6(11)5-8-12-13-9-7(10)3-2-4-14(8)9/h6-7H,2-5,11H2,1H3. The van der Waals surface area contributed by atoms with Crippen LogP contribution < -0.4 is 5.73 Å². The molecule has 0 bridgehead atoms. The molecule has 4 nitrogen and oxygen atoms in total. The van der Waals surface area contributed by atoms with Gasteiger partial charge in [0.15, 0.2) is 5.82 Å². The SMILES string of the molecule is CC(N)Cc1nnc2n1CCCC2Cl. The molecule has 0 spiro atoms. The summed E-state index contributed by atoms with van der Waals surface area (Å²) < 4.78 is 2.12. The van der Waals surface area contributed by atoms with Gasteiger partial charge in [-0.2, -0.15) is 0 Å². The average Bonchev–Trinajstić information content (AvgIpc) is 2.49. The van der Waals surface area contributed by atoms with Gasteiger partial charge in [-0.25, -0.2) is 0 Å². The van der Waals surface area contributed by atoms with E-state index in [1.807, 2.05) is 6.92 Å². The third kappa shape index (κ3) is 1.77. The minimum atomic E-state index is 0.0260. The quantitative estimate of drug-likeness (QED) is 0.754. The molecule has 0 saturated heterocycles. The van der Waals surface area contributed by atoms with Crippen LogP contribution in [0.3, 0.4) is 0 Å². The fraction of sp³-hybridized carbons (Fsp3) is 0.778. The summed E-state index contributed by atoms with van der Waals surface area (Å²) in [7, 11) is 0. The fourth-order valence-electron chi connectivity index (χ4n) is 1.82. The van der Waals surface area contributed by atoms with Crippen LogP contribution in [-0.2, 0) is 13.0 Å². The highest BCUT2D eigenvalue weighted by atomic mass is 35.5. The highest BCUT2D eigenvalue weighted by molar-refractivity contribution is 6.20. The van der Waals surface area contributed by atoms with E-state index >= 15 is 0 Å². The lowest BCUT2D eigenvalue weighted by atomic mass is 10.1. The second-order valence-electron chi connectivity index (χ2n) is 3.92. The summed E-state index contributed by atoms with van der Waals surface area (Å²) in [6, 6.07) is 0.124. The number of hydrogen-bond donors (Lipinski definition) is 1. The Kier molecular flexibility index (Phi) is 2.74. The number of fused-ring (bicyclic) bond motifs is 1. The Labute approximate surface area is 88.5 Å². The van der Waals surface area contributed by atoms with Crippen molar-refractivity contribution in [3.05, 3.63) is 11.6 Å². The minimum Gasteiger partial charge on any atom is -0.328 e. The lowest BCUT2D eigenvalue weighted by molar-refractivity contribution is 0.491. The van der Waals surface area contributed by atoms with Crippen LogP contribution in [0.2, 0.25) is 0 Å². The van der Waals surface area contributed by atoms with E-state index in [0.29, 0.717) is 0 Å². The highest BCUT2D eigenvalue weighted by Crippen LogP contribution is 2.29. The van der Waals surface area contributed by atoms with Gasteiger partial charge in [0.25, 0.3) is 0 Å². The molecule has 1 aromatic rings. The van der Waals surface area contributed by atoms with Crippen molar-refractivity contribution in [1.82, 2.24) is 14.8 Å². The summed E-state index contributed by atoms with van der Waals surface area (Å²) in [4.78, 5) is 0. The van der Waals surface area contributed by atoms with Gasteiger partial charge in [0.2, 0.25) is 0 Å². The van der Waals surface area contributed by atoms with E-state index < -0.39 is 0 Å². The molecule has 0 amide bonds. The van der Waals surface area contributed by atoms with Crippen LogP contribution >= 0.6 is 11.6 Å². The van der Waals surface area contributed by atoms with Crippen molar-refractivity contribution in [1.29, 1.82) is 0 Å². The topological polar surface area (TPSA) is 56.7 Å². The maximum absolute atomic E-state index is 6.14. The molecule has 2 N–H and O–H groups in total. The smallest absolute Gasteiger partial charge is 0.151 e. The third-order valence-corrected chi connectivity index (χ3v) is 2.89. The Hall–Kier alpha value is -0.610. The zero-order chi connectivity index (χ0) is 10.1. The molecule has 78 valence electrons. The highest BCUT2D eigenvalue weighted by Gasteiger charge is 2.23. The number of nitrogens with two attached hydrogens (primary N) is 1. The third-order valence-electron chi connectivity index (χ3n) is 2.48. The zero-order valence-corrected chi connectivity index (χ0v) is 9.04. The Bertz CT molecular complexity index is 321. The van der Waals surface area contributed by atoms with Gasteiger partial charge < -0.3 is 10.3 Å². The Morgan fingerprint density at radius 1 is 1.64 bits per heavy atom. The first-order chi connectivity index (χ1) is 6.68. The monoisotopic (exact) mass is 214 g/mol. The molecule has 2 heterocycles. The summed E-state index contributed by atoms with van der Waals surface area (Å²) >= 11 is 6.14. The van der Waals surface area contributed by atoms with Crippen molar-refractivity contribution in [2.45, 2.75) is 44.1 Å². The Balaban J connectivity index is 2.26. The second kappa shape index (κ2) is 3.87. The predicted octanol–water partition coefficient (Wildman–Crippen LogP) is 1.24. The summed E-state index contributed by atoms with van der Waals surface area (Å²) in [5.74, 6) is 1.88.